The molecular weight excluding hydrogens is 241 g/mol. The van der Waals surface area contributed by atoms with Gasteiger partial charge in [0.2, 0.25) is 0 Å². The lowest BCUT2D eigenvalue weighted by molar-refractivity contribution is -0.150. The van der Waals surface area contributed by atoms with Crippen molar-refractivity contribution >= 4 is 0 Å². The molecule has 0 aromatic carbocycles. The van der Waals surface area contributed by atoms with Gasteiger partial charge in [-0.1, -0.05) is 13.8 Å². The van der Waals surface area contributed by atoms with Gasteiger partial charge in [0.25, 0.3) is 0 Å². The van der Waals surface area contributed by atoms with Gasteiger partial charge in [-0.25, -0.2) is 0 Å². The van der Waals surface area contributed by atoms with Crippen LogP contribution in [0.2, 0.25) is 0 Å². The summed E-state index contributed by atoms with van der Waals surface area (Å²) in [5, 5.41) is 0. The highest BCUT2D eigenvalue weighted by Gasteiger charge is 2.31. The molecule has 0 spiro atoms. The molecule has 0 fully saturated rings. The molecule has 0 heterocycles. The minimum absolute atomic E-state index is 0.0934. The Balaban J connectivity index is 4.25. The number of halogens is 3. The zero-order chi connectivity index (χ0) is 14.3. The van der Waals surface area contributed by atoms with Gasteiger partial charge in [-0.2, -0.15) is 13.2 Å². The molecule has 0 aromatic rings. The van der Waals surface area contributed by atoms with Crippen LogP contribution in [0, 0.1) is 11.8 Å². The molecule has 0 amide bonds. The van der Waals surface area contributed by atoms with E-state index in [0.717, 1.165) is 12.8 Å². The fourth-order valence-electron chi connectivity index (χ4n) is 2.10. The van der Waals surface area contributed by atoms with E-state index >= 15 is 0 Å². The van der Waals surface area contributed by atoms with E-state index in [4.69, 9.17) is 5.73 Å². The predicted molar refractivity (Wildman–Crippen MR) is 69.4 cm³/mol. The Kier molecular flexibility index (Phi) is 7.87. The van der Waals surface area contributed by atoms with Gasteiger partial charge >= 0.3 is 6.18 Å². The molecule has 2 nitrogen and oxygen atoms in total. The van der Waals surface area contributed by atoms with Crippen molar-refractivity contribution in [1.29, 1.82) is 0 Å². The highest BCUT2D eigenvalue weighted by molar-refractivity contribution is 4.71. The van der Waals surface area contributed by atoms with Crippen molar-refractivity contribution in [3.63, 3.8) is 0 Å². The first-order valence-corrected chi connectivity index (χ1v) is 6.66. The molecule has 0 aliphatic carbocycles. The second-order valence-electron chi connectivity index (χ2n) is 5.70. The van der Waals surface area contributed by atoms with Gasteiger partial charge < -0.3 is 5.73 Å². The zero-order valence-corrected chi connectivity index (χ0v) is 11.9. The lowest BCUT2D eigenvalue weighted by Crippen LogP contribution is -2.40. The predicted octanol–water partition coefficient (Wildman–Crippen LogP) is 3.27. The van der Waals surface area contributed by atoms with E-state index < -0.39 is 12.7 Å². The molecule has 0 saturated heterocycles. The molecule has 0 radical (unpaired) electrons. The molecule has 1 atom stereocenters. The number of nitrogens with zero attached hydrogens (tertiary/aromatic N) is 1. The van der Waals surface area contributed by atoms with Gasteiger partial charge in [0.05, 0.1) is 6.54 Å². The summed E-state index contributed by atoms with van der Waals surface area (Å²) < 4.78 is 37.2. The summed E-state index contributed by atoms with van der Waals surface area (Å²) in [6.45, 7) is 8.00. The summed E-state index contributed by atoms with van der Waals surface area (Å²) in [6.07, 6.45) is -2.40. The monoisotopic (exact) mass is 268 g/mol. The third kappa shape index (κ3) is 8.75. The third-order valence-corrected chi connectivity index (χ3v) is 3.08. The maximum atomic E-state index is 12.4. The molecule has 110 valence electrons. The maximum absolute atomic E-state index is 12.4. The molecular formula is C13H27F3N2. The topological polar surface area (TPSA) is 29.3 Å². The first-order valence-electron chi connectivity index (χ1n) is 6.66. The van der Waals surface area contributed by atoms with E-state index in [9.17, 15) is 13.2 Å². The van der Waals surface area contributed by atoms with Gasteiger partial charge in [-0.15, -0.1) is 0 Å². The molecule has 0 rings (SSSR count). The van der Waals surface area contributed by atoms with Crippen LogP contribution in [0.4, 0.5) is 13.2 Å². The minimum atomic E-state index is -4.12. The standard InChI is InChI=1S/C13H27F3N2/c1-10(2)7-12(8-17)5-6-18(11(3)4)9-13(14,15)16/h10-12H,5-9,17H2,1-4H3. The first kappa shape index (κ1) is 17.7. The lowest BCUT2D eigenvalue weighted by Gasteiger charge is -2.29. The average molecular weight is 268 g/mol. The van der Waals surface area contributed by atoms with Crippen molar-refractivity contribution in [3.05, 3.63) is 0 Å². The van der Waals surface area contributed by atoms with E-state index in [1.807, 2.05) is 0 Å². The van der Waals surface area contributed by atoms with Gasteiger partial charge in [0, 0.05) is 6.04 Å². The van der Waals surface area contributed by atoms with Crippen LogP contribution in [-0.2, 0) is 0 Å². The largest absolute Gasteiger partial charge is 0.401 e. The summed E-state index contributed by atoms with van der Waals surface area (Å²) in [7, 11) is 0. The fraction of sp³-hybridized carbons (Fsp3) is 1.00. The molecule has 0 aliphatic rings. The Labute approximate surface area is 109 Å². The van der Waals surface area contributed by atoms with Crippen molar-refractivity contribution in [3.8, 4) is 0 Å². The molecule has 1 unspecified atom stereocenters. The lowest BCUT2D eigenvalue weighted by atomic mass is 9.94. The fourth-order valence-corrected chi connectivity index (χ4v) is 2.10. The number of nitrogens with two attached hydrogens (primary N) is 1. The van der Waals surface area contributed by atoms with Crippen LogP contribution in [0.25, 0.3) is 0 Å². The summed E-state index contributed by atoms with van der Waals surface area (Å²) in [5.41, 5.74) is 5.67. The molecule has 0 saturated carbocycles. The highest BCUT2D eigenvalue weighted by atomic mass is 19.4. The van der Waals surface area contributed by atoms with Crippen LogP contribution < -0.4 is 5.73 Å². The van der Waals surface area contributed by atoms with Crippen LogP contribution in [0.5, 0.6) is 0 Å². The van der Waals surface area contributed by atoms with Gasteiger partial charge in [-0.05, 0) is 51.6 Å². The number of alkyl halides is 3. The molecule has 0 aromatic heterocycles. The van der Waals surface area contributed by atoms with E-state index in [0.29, 0.717) is 24.9 Å². The zero-order valence-electron chi connectivity index (χ0n) is 11.9. The number of hydrogen-bond acceptors (Lipinski definition) is 2. The van der Waals surface area contributed by atoms with Crippen molar-refractivity contribution in [2.45, 2.75) is 52.8 Å². The summed E-state index contributed by atoms with van der Waals surface area (Å²) >= 11 is 0. The SMILES string of the molecule is CC(C)CC(CN)CCN(CC(F)(F)F)C(C)C. The second-order valence-corrected chi connectivity index (χ2v) is 5.70. The smallest absolute Gasteiger partial charge is 0.330 e. The van der Waals surface area contributed by atoms with E-state index in [2.05, 4.69) is 13.8 Å². The van der Waals surface area contributed by atoms with Crippen molar-refractivity contribution in [2.75, 3.05) is 19.6 Å². The van der Waals surface area contributed by atoms with Crippen LogP contribution >= 0.6 is 0 Å². The minimum Gasteiger partial charge on any atom is -0.330 e. The van der Waals surface area contributed by atoms with Crippen LogP contribution in [0.3, 0.4) is 0 Å². The Morgan fingerprint density at radius 1 is 1.11 bits per heavy atom. The van der Waals surface area contributed by atoms with Crippen molar-refractivity contribution in [2.24, 2.45) is 17.6 Å². The van der Waals surface area contributed by atoms with E-state index in [-0.39, 0.29) is 6.04 Å². The Morgan fingerprint density at radius 2 is 1.67 bits per heavy atom. The van der Waals surface area contributed by atoms with Crippen LogP contribution in [0.1, 0.15) is 40.5 Å². The van der Waals surface area contributed by atoms with Crippen molar-refractivity contribution in [1.82, 2.24) is 4.90 Å². The Bertz CT molecular complexity index is 215. The highest BCUT2D eigenvalue weighted by Crippen LogP contribution is 2.20. The van der Waals surface area contributed by atoms with Crippen LogP contribution in [-0.4, -0.2) is 36.8 Å². The quantitative estimate of drug-likeness (QED) is 0.732. The molecule has 5 heteroatoms. The summed E-state index contributed by atoms with van der Waals surface area (Å²) in [5.74, 6) is 0.855. The van der Waals surface area contributed by atoms with Gasteiger partial charge in [-0.3, -0.25) is 4.90 Å². The summed E-state index contributed by atoms with van der Waals surface area (Å²) in [6, 6.07) is -0.0934. The second kappa shape index (κ2) is 8.00. The molecule has 18 heavy (non-hydrogen) atoms. The Hall–Kier alpha value is -0.290. The number of rotatable bonds is 8. The maximum Gasteiger partial charge on any atom is 0.401 e. The molecule has 2 N–H and O–H groups in total. The van der Waals surface area contributed by atoms with Crippen LogP contribution in [0.15, 0.2) is 0 Å². The molecule has 0 aliphatic heterocycles. The van der Waals surface area contributed by atoms with Crippen molar-refractivity contribution < 1.29 is 13.2 Å². The third-order valence-electron chi connectivity index (χ3n) is 3.08. The number of hydrogen-bond donors (Lipinski definition) is 1. The molecule has 0 bridgehead atoms. The normalized spacial score (nSPS) is 14.8. The first-order chi connectivity index (χ1) is 8.15. The Morgan fingerprint density at radius 3 is 2.00 bits per heavy atom. The summed E-state index contributed by atoms with van der Waals surface area (Å²) in [4.78, 5) is 1.48. The van der Waals surface area contributed by atoms with E-state index in [1.165, 1.54) is 4.90 Å². The van der Waals surface area contributed by atoms with Gasteiger partial charge in [0.1, 0.15) is 0 Å². The van der Waals surface area contributed by atoms with E-state index in [1.54, 1.807) is 13.8 Å². The van der Waals surface area contributed by atoms with Gasteiger partial charge in [0.15, 0.2) is 0 Å². The average Bonchev–Trinajstić information content (AvgIpc) is 2.19.